The molecule has 1 fully saturated rings. The Labute approximate surface area is 163 Å². The Morgan fingerprint density at radius 1 is 1.00 bits per heavy atom. The van der Waals surface area contributed by atoms with Crippen LogP contribution in [0.3, 0.4) is 0 Å². The molecule has 1 atom stereocenters. The van der Waals surface area contributed by atoms with E-state index in [1.54, 1.807) is 0 Å². The van der Waals surface area contributed by atoms with E-state index in [1.165, 1.54) is 17.5 Å². The van der Waals surface area contributed by atoms with Crippen molar-refractivity contribution >= 4 is 28.5 Å². The fraction of sp³-hybridized carbons (Fsp3) is 0.381. The second-order valence-corrected chi connectivity index (χ2v) is 8.18. The molecule has 25 heavy (non-hydrogen) atoms. The van der Waals surface area contributed by atoms with Crippen molar-refractivity contribution in [3.63, 3.8) is 0 Å². The van der Waals surface area contributed by atoms with Gasteiger partial charge in [-0.05, 0) is 65.1 Å². The van der Waals surface area contributed by atoms with E-state index in [-0.39, 0.29) is 5.91 Å². The predicted molar refractivity (Wildman–Crippen MR) is 109 cm³/mol. The van der Waals surface area contributed by atoms with Crippen LogP contribution in [0.1, 0.15) is 34.3 Å². The van der Waals surface area contributed by atoms with Gasteiger partial charge >= 0.3 is 0 Å². The number of rotatable bonds is 2. The fourth-order valence-corrected chi connectivity index (χ4v) is 4.69. The maximum Gasteiger partial charge on any atom is 0.254 e. The Morgan fingerprint density at radius 2 is 1.76 bits per heavy atom. The average Bonchev–Trinajstić information content (AvgIpc) is 2.67. The summed E-state index contributed by atoms with van der Waals surface area (Å²) in [4.78, 5) is 17.6. The maximum atomic E-state index is 12.9. The van der Waals surface area contributed by atoms with Crippen LogP contribution < -0.4 is 0 Å². The number of hydrogen-bond donors (Lipinski definition) is 0. The highest BCUT2D eigenvalue weighted by Gasteiger charge is 2.30. The summed E-state index contributed by atoms with van der Waals surface area (Å²) in [5.41, 5.74) is 3.78. The zero-order valence-electron chi connectivity index (χ0n) is 14.3. The molecule has 2 heterocycles. The van der Waals surface area contributed by atoms with E-state index in [4.69, 9.17) is 0 Å². The second-order valence-electron chi connectivity index (χ2n) is 7.02. The molecule has 2 aliphatic rings. The van der Waals surface area contributed by atoms with Gasteiger partial charge < -0.3 is 4.90 Å². The van der Waals surface area contributed by atoms with Gasteiger partial charge in [0.05, 0.1) is 5.56 Å². The summed E-state index contributed by atoms with van der Waals surface area (Å²) < 4.78 is 1.04. The number of piperidine rings is 1. The van der Waals surface area contributed by atoms with E-state index in [9.17, 15) is 4.79 Å². The fourth-order valence-electron chi connectivity index (χ4n) is 4.07. The van der Waals surface area contributed by atoms with Gasteiger partial charge in [-0.3, -0.25) is 9.69 Å². The van der Waals surface area contributed by atoms with Gasteiger partial charge in [0.25, 0.3) is 5.91 Å². The molecule has 4 heteroatoms. The third-order valence-corrected chi connectivity index (χ3v) is 6.41. The smallest absolute Gasteiger partial charge is 0.254 e. The van der Waals surface area contributed by atoms with Crippen LogP contribution in [0.15, 0.2) is 48.5 Å². The molecule has 2 aromatic carbocycles. The van der Waals surface area contributed by atoms with Gasteiger partial charge in [0.2, 0.25) is 0 Å². The lowest BCUT2D eigenvalue weighted by Crippen LogP contribution is -2.51. The molecule has 130 valence electrons. The number of benzene rings is 2. The van der Waals surface area contributed by atoms with E-state index in [2.05, 4.69) is 56.7 Å². The lowest BCUT2D eigenvalue weighted by atomic mass is 9.96. The van der Waals surface area contributed by atoms with Gasteiger partial charge in [0, 0.05) is 35.8 Å². The van der Waals surface area contributed by atoms with Crippen molar-refractivity contribution in [3.8, 4) is 0 Å². The van der Waals surface area contributed by atoms with Crippen molar-refractivity contribution in [2.75, 3.05) is 19.6 Å². The number of amides is 1. The van der Waals surface area contributed by atoms with Gasteiger partial charge in [-0.1, -0.05) is 36.4 Å². The van der Waals surface area contributed by atoms with Crippen molar-refractivity contribution in [1.82, 2.24) is 9.80 Å². The Morgan fingerprint density at radius 3 is 2.60 bits per heavy atom. The van der Waals surface area contributed by atoms with Crippen LogP contribution in [0.2, 0.25) is 0 Å². The maximum absolute atomic E-state index is 12.9. The van der Waals surface area contributed by atoms with Crippen molar-refractivity contribution in [2.45, 2.75) is 31.8 Å². The van der Waals surface area contributed by atoms with Crippen LogP contribution in [0.4, 0.5) is 0 Å². The van der Waals surface area contributed by atoms with Crippen molar-refractivity contribution in [2.24, 2.45) is 0 Å². The summed E-state index contributed by atoms with van der Waals surface area (Å²) in [6.07, 6.45) is 3.41. The van der Waals surface area contributed by atoms with Crippen molar-refractivity contribution in [1.29, 1.82) is 0 Å². The predicted octanol–water partition coefficient (Wildman–Crippen LogP) is 3.95. The monoisotopic (exact) mass is 446 g/mol. The second kappa shape index (κ2) is 7.46. The zero-order chi connectivity index (χ0) is 17.2. The molecule has 3 nitrogen and oxygen atoms in total. The normalized spacial score (nSPS) is 21.0. The highest BCUT2D eigenvalue weighted by atomic mass is 127. The molecule has 0 aliphatic carbocycles. The number of hydrogen-bond acceptors (Lipinski definition) is 2. The topological polar surface area (TPSA) is 23.6 Å². The number of likely N-dealkylation sites (tertiary alicyclic amines) is 1. The summed E-state index contributed by atoms with van der Waals surface area (Å²) in [6, 6.07) is 17.2. The summed E-state index contributed by atoms with van der Waals surface area (Å²) >= 11 is 2.26. The van der Waals surface area contributed by atoms with Crippen LogP contribution >= 0.6 is 22.6 Å². The molecular formula is C21H23IN2O. The van der Waals surface area contributed by atoms with Gasteiger partial charge in [0.1, 0.15) is 0 Å². The first-order valence-corrected chi connectivity index (χ1v) is 10.1. The van der Waals surface area contributed by atoms with Crippen molar-refractivity contribution in [3.05, 3.63) is 68.8 Å². The molecular weight excluding hydrogens is 423 g/mol. The number of carbonyl (C=O) groups is 1. The van der Waals surface area contributed by atoms with Crippen LogP contribution in [-0.2, 0) is 13.0 Å². The molecule has 0 spiro atoms. The highest BCUT2D eigenvalue weighted by molar-refractivity contribution is 14.1. The Hall–Kier alpha value is -1.40. The SMILES string of the molecule is O=C(c1ccccc1I)N1CCC[C@H](N2CCc3ccccc3C2)C1. The molecule has 0 unspecified atom stereocenters. The number of nitrogens with zero attached hydrogens (tertiary/aromatic N) is 2. The number of carbonyl (C=O) groups excluding carboxylic acids is 1. The molecule has 2 aliphatic heterocycles. The minimum atomic E-state index is 0.187. The first-order chi connectivity index (χ1) is 12.2. The molecule has 0 radical (unpaired) electrons. The first kappa shape index (κ1) is 17.0. The molecule has 0 saturated carbocycles. The molecule has 0 aromatic heterocycles. The Kier molecular flexibility index (Phi) is 5.08. The van der Waals surface area contributed by atoms with E-state index >= 15 is 0 Å². The third-order valence-electron chi connectivity index (χ3n) is 5.46. The standard InChI is InChI=1S/C21H23IN2O/c22-20-10-4-3-9-19(20)21(25)24-12-5-8-18(15-24)23-13-11-16-6-1-2-7-17(16)14-23/h1-4,6-7,9-10,18H,5,8,11-15H2/t18-/m0/s1. The molecule has 4 rings (SSSR count). The van der Waals surface area contributed by atoms with E-state index < -0.39 is 0 Å². The van der Waals surface area contributed by atoms with Crippen LogP contribution in [0, 0.1) is 3.57 Å². The number of fused-ring (bicyclic) bond motifs is 1. The largest absolute Gasteiger partial charge is 0.337 e. The van der Waals surface area contributed by atoms with Crippen LogP contribution in [0.5, 0.6) is 0 Å². The minimum absolute atomic E-state index is 0.187. The lowest BCUT2D eigenvalue weighted by molar-refractivity contribution is 0.0548. The molecule has 2 aromatic rings. The Bertz CT molecular complexity index is 776. The van der Waals surface area contributed by atoms with Gasteiger partial charge in [-0.15, -0.1) is 0 Å². The van der Waals surface area contributed by atoms with Gasteiger partial charge in [-0.25, -0.2) is 0 Å². The molecule has 1 amide bonds. The van der Waals surface area contributed by atoms with E-state index in [0.717, 1.165) is 48.2 Å². The molecule has 1 saturated heterocycles. The number of halogens is 1. The average molecular weight is 446 g/mol. The summed E-state index contributed by atoms with van der Waals surface area (Å²) in [5.74, 6) is 0.187. The van der Waals surface area contributed by atoms with Crippen molar-refractivity contribution < 1.29 is 4.79 Å². The van der Waals surface area contributed by atoms with Crippen LogP contribution in [0.25, 0.3) is 0 Å². The minimum Gasteiger partial charge on any atom is -0.337 e. The summed E-state index contributed by atoms with van der Waals surface area (Å²) in [7, 11) is 0. The third kappa shape index (κ3) is 3.60. The van der Waals surface area contributed by atoms with E-state index in [0.29, 0.717) is 6.04 Å². The molecule has 0 bridgehead atoms. The van der Waals surface area contributed by atoms with E-state index in [1.807, 2.05) is 24.3 Å². The Balaban J connectivity index is 1.47. The van der Waals surface area contributed by atoms with Gasteiger partial charge in [-0.2, -0.15) is 0 Å². The summed E-state index contributed by atoms with van der Waals surface area (Å²) in [6.45, 7) is 3.86. The zero-order valence-corrected chi connectivity index (χ0v) is 16.5. The first-order valence-electron chi connectivity index (χ1n) is 9.07. The molecule has 0 N–H and O–H groups in total. The summed E-state index contributed by atoms with van der Waals surface area (Å²) in [5, 5.41) is 0. The highest BCUT2D eigenvalue weighted by Crippen LogP contribution is 2.25. The quantitative estimate of drug-likeness (QED) is 0.653. The van der Waals surface area contributed by atoms with Gasteiger partial charge in [0.15, 0.2) is 0 Å². The lowest BCUT2D eigenvalue weighted by Gasteiger charge is -2.41. The van der Waals surface area contributed by atoms with Crippen LogP contribution in [-0.4, -0.2) is 41.4 Å².